The Morgan fingerprint density at radius 2 is 1.58 bits per heavy atom. The molecule has 0 unspecified atom stereocenters. The van der Waals surface area contributed by atoms with Crippen molar-refractivity contribution in [2.24, 2.45) is 0 Å². The highest BCUT2D eigenvalue weighted by Crippen LogP contribution is 2.25. The van der Waals surface area contributed by atoms with Gasteiger partial charge in [-0.05, 0) is 69.0 Å². The summed E-state index contributed by atoms with van der Waals surface area (Å²) in [5, 5.41) is 2.85. The Kier molecular flexibility index (Phi) is 10.1. The zero-order valence-corrected chi connectivity index (χ0v) is 23.4. The number of rotatable bonds is 12. The van der Waals surface area contributed by atoms with Crippen molar-refractivity contribution in [3.63, 3.8) is 0 Å². The second-order valence-electron chi connectivity index (χ2n) is 9.45. The van der Waals surface area contributed by atoms with Crippen molar-refractivity contribution in [3.05, 3.63) is 95.6 Å². The van der Waals surface area contributed by atoms with Crippen LogP contribution in [0.15, 0.2) is 83.8 Å². The van der Waals surface area contributed by atoms with E-state index in [0.29, 0.717) is 18.7 Å². The predicted octanol–water partition coefficient (Wildman–Crippen LogP) is 4.48. The lowest BCUT2D eigenvalue weighted by atomic mass is 10.1. The molecule has 0 radical (unpaired) electrons. The molecule has 0 aliphatic carbocycles. The molecule has 3 aromatic rings. The van der Waals surface area contributed by atoms with E-state index in [0.717, 1.165) is 27.4 Å². The van der Waals surface area contributed by atoms with E-state index in [9.17, 15) is 18.0 Å². The summed E-state index contributed by atoms with van der Waals surface area (Å²) < 4.78 is 28.8. The van der Waals surface area contributed by atoms with Gasteiger partial charge in [-0.2, -0.15) is 0 Å². The second-order valence-corrected chi connectivity index (χ2v) is 11.3. The van der Waals surface area contributed by atoms with Crippen LogP contribution in [0.3, 0.4) is 0 Å². The maximum atomic E-state index is 13.8. The summed E-state index contributed by atoms with van der Waals surface area (Å²) in [6, 6.07) is 22.5. The summed E-state index contributed by atoms with van der Waals surface area (Å²) in [5.74, 6) is -0.714. The lowest BCUT2D eigenvalue weighted by Crippen LogP contribution is -2.52. The number of nitrogens with zero attached hydrogens (tertiary/aromatic N) is 2. The SMILES string of the molecule is CCCNC(=O)[C@@H](C)N(CCc1ccccc1)C(=O)CN(c1cccc(C)c1)S(=O)(=O)c1ccc(C)cc1. The third-order valence-electron chi connectivity index (χ3n) is 6.38. The number of carbonyl (C=O) groups is 2. The molecule has 0 saturated carbocycles. The van der Waals surface area contributed by atoms with Gasteiger partial charge in [-0.25, -0.2) is 8.42 Å². The van der Waals surface area contributed by atoms with Crippen LogP contribution in [0, 0.1) is 13.8 Å². The molecule has 0 bridgehead atoms. The third-order valence-corrected chi connectivity index (χ3v) is 8.17. The Bertz CT molecular complexity index is 1330. The van der Waals surface area contributed by atoms with Gasteiger partial charge in [0.1, 0.15) is 12.6 Å². The van der Waals surface area contributed by atoms with E-state index in [2.05, 4.69) is 5.32 Å². The Labute approximate surface area is 226 Å². The van der Waals surface area contributed by atoms with Gasteiger partial charge in [0.2, 0.25) is 11.8 Å². The second kappa shape index (κ2) is 13.2. The number of anilines is 1. The zero-order chi connectivity index (χ0) is 27.7. The highest BCUT2D eigenvalue weighted by Gasteiger charge is 2.32. The number of carbonyl (C=O) groups excluding carboxylic acids is 2. The first-order chi connectivity index (χ1) is 18.1. The van der Waals surface area contributed by atoms with E-state index < -0.39 is 28.5 Å². The number of hydrogen-bond donors (Lipinski definition) is 1. The number of nitrogens with one attached hydrogen (secondary N) is 1. The van der Waals surface area contributed by atoms with E-state index in [4.69, 9.17) is 0 Å². The van der Waals surface area contributed by atoms with Crippen LogP contribution in [-0.2, 0) is 26.0 Å². The van der Waals surface area contributed by atoms with Gasteiger partial charge in [0.25, 0.3) is 10.0 Å². The molecule has 0 aromatic heterocycles. The fourth-order valence-corrected chi connectivity index (χ4v) is 5.52. The molecule has 0 saturated heterocycles. The standard InChI is InChI=1S/C30H37N3O4S/c1-5-19-31-30(35)25(4)32(20-18-26-11-7-6-8-12-26)29(34)22-33(27-13-9-10-24(3)21-27)38(36,37)28-16-14-23(2)15-17-28/h6-17,21,25H,5,18-20,22H2,1-4H3,(H,31,35)/t25-/m1/s1. The molecule has 1 N–H and O–H groups in total. The molecule has 3 rings (SSSR count). The van der Waals surface area contributed by atoms with Crippen LogP contribution in [0.25, 0.3) is 0 Å². The Balaban J connectivity index is 1.96. The number of amides is 2. The molecule has 202 valence electrons. The van der Waals surface area contributed by atoms with Gasteiger partial charge in [0, 0.05) is 13.1 Å². The highest BCUT2D eigenvalue weighted by atomic mass is 32.2. The Morgan fingerprint density at radius 3 is 2.21 bits per heavy atom. The lowest BCUT2D eigenvalue weighted by molar-refractivity contribution is -0.138. The summed E-state index contributed by atoms with van der Waals surface area (Å²) in [7, 11) is -4.06. The molecular weight excluding hydrogens is 498 g/mol. The van der Waals surface area contributed by atoms with E-state index >= 15 is 0 Å². The van der Waals surface area contributed by atoms with Gasteiger partial charge in [-0.15, -0.1) is 0 Å². The largest absolute Gasteiger partial charge is 0.354 e. The van der Waals surface area contributed by atoms with Gasteiger partial charge in [-0.1, -0.05) is 67.1 Å². The number of aryl methyl sites for hydroxylation is 2. The minimum atomic E-state index is -4.06. The topological polar surface area (TPSA) is 86.8 Å². The molecule has 0 aliphatic rings. The monoisotopic (exact) mass is 535 g/mol. The van der Waals surface area contributed by atoms with E-state index in [1.165, 1.54) is 4.90 Å². The molecule has 2 amide bonds. The van der Waals surface area contributed by atoms with E-state index in [1.807, 2.05) is 57.2 Å². The van der Waals surface area contributed by atoms with Crippen LogP contribution < -0.4 is 9.62 Å². The molecular formula is C30H37N3O4S. The van der Waals surface area contributed by atoms with Gasteiger partial charge in [-0.3, -0.25) is 13.9 Å². The van der Waals surface area contributed by atoms with E-state index in [1.54, 1.807) is 49.4 Å². The zero-order valence-electron chi connectivity index (χ0n) is 22.6. The predicted molar refractivity (Wildman–Crippen MR) is 152 cm³/mol. The van der Waals surface area contributed by atoms with Gasteiger partial charge < -0.3 is 10.2 Å². The van der Waals surface area contributed by atoms with Crippen molar-refractivity contribution in [1.29, 1.82) is 0 Å². The normalized spacial score (nSPS) is 12.0. The molecule has 8 heteroatoms. The average Bonchev–Trinajstić information content (AvgIpc) is 2.91. The molecule has 0 heterocycles. The van der Waals surface area contributed by atoms with Crippen LogP contribution >= 0.6 is 0 Å². The molecule has 38 heavy (non-hydrogen) atoms. The van der Waals surface area contributed by atoms with Crippen molar-refractivity contribution in [3.8, 4) is 0 Å². The summed E-state index contributed by atoms with van der Waals surface area (Å²) in [4.78, 5) is 28.3. The maximum Gasteiger partial charge on any atom is 0.264 e. The van der Waals surface area contributed by atoms with Crippen molar-refractivity contribution < 1.29 is 18.0 Å². The smallest absolute Gasteiger partial charge is 0.264 e. The Hall–Kier alpha value is -3.65. The molecule has 7 nitrogen and oxygen atoms in total. The molecule has 1 atom stereocenters. The molecule has 0 aliphatic heterocycles. The Morgan fingerprint density at radius 1 is 0.895 bits per heavy atom. The number of sulfonamides is 1. The molecule has 0 spiro atoms. The van der Waals surface area contributed by atoms with Crippen LogP contribution in [-0.4, -0.2) is 50.8 Å². The molecule has 3 aromatic carbocycles. The van der Waals surface area contributed by atoms with Gasteiger partial charge >= 0.3 is 0 Å². The summed E-state index contributed by atoms with van der Waals surface area (Å²) in [6.07, 6.45) is 1.31. The fraction of sp³-hybridized carbons (Fsp3) is 0.333. The van der Waals surface area contributed by atoms with Gasteiger partial charge in [0.15, 0.2) is 0 Å². The maximum absolute atomic E-state index is 13.8. The first-order valence-corrected chi connectivity index (χ1v) is 14.3. The van der Waals surface area contributed by atoms with E-state index in [-0.39, 0.29) is 17.3 Å². The number of benzene rings is 3. The third kappa shape index (κ3) is 7.44. The highest BCUT2D eigenvalue weighted by molar-refractivity contribution is 7.92. The minimum Gasteiger partial charge on any atom is -0.354 e. The van der Waals surface area contributed by atoms with Crippen molar-refractivity contribution in [2.75, 3.05) is 23.9 Å². The van der Waals surface area contributed by atoms with Crippen LogP contribution in [0.4, 0.5) is 5.69 Å². The van der Waals surface area contributed by atoms with Crippen molar-refractivity contribution >= 4 is 27.5 Å². The van der Waals surface area contributed by atoms with Crippen LogP contribution in [0.2, 0.25) is 0 Å². The summed E-state index contributed by atoms with van der Waals surface area (Å²) >= 11 is 0. The summed E-state index contributed by atoms with van der Waals surface area (Å²) in [5.41, 5.74) is 3.22. The first-order valence-electron chi connectivity index (χ1n) is 12.9. The minimum absolute atomic E-state index is 0.0991. The molecule has 0 fully saturated rings. The van der Waals surface area contributed by atoms with Gasteiger partial charge in [0.05, 0.1) is 10.6 Å². The lowest BCUT2D eigenvalue weighted by Gasteiger charge is -2.32. The quantitative estimate of drug-likeness (QED) is 0.370. The van der Waals surface area contributed by atoms with Crippen LogP contribution in [0.1, 0.15) is 37.0 Å². The van der Waals surface area contributed by atoms with Crippen molar-refractivity contribution in [1.82, 2.24) is 10.2 Å². The average molecular weight is 536 g/mol. The summed E-state index contributed by atoms with van der Waals surface area (Å²) in [6.45, 7) is 7.73. The first kappa shape index (κ1) is 28.9. The van der Waals surface area contributed by atoms with Crippen molar-refractivity contribution in [2.45, 2.75) is 51.5 Å². The number of hydrogen-bond acceptors (Lipinski definition) is 4. The fourth-order valence-electron chi connectivity index (χ4n) is 4.12. The van der Waals surface area contributed by atoms with Crippen LogP contribution in [0.5, 0.6) is 0 Å².